The molecule has 0 aromatic rings. The molecule has 0 radical (unpaired) electrons. The number of allylic oxidation sites excluding steroid dienone is 2. The van der Waals surface area contributed by atoms with E-state index in [1.807, 2.05) is 32.1 Å². The Morgan fingerprint density at radius 3 is 2.32 bits per heavy atom. The maximum absolute atomic E-state index is 14.3. The minimum atomic E-state index is -1.84. The van der Waals surface area contributed by atoms with Crippen molar-refractivity contribution in [1.82, 2.24) is 0 Å². The van der Waals surface area contributed by atoms with Crippen LogP contribution in [0.25, 0.3) is 0 Å². The van der Waals surface area contributed by atoms with Crippen molar-refractivity contribution in [3.8, 4) is 0 Å². The average molecular weight is 873 g/mol. The minimum absolute atomic E-state index is 0.0317. The molecule has 0 aromatic heterocycles. The van der Waals surface area contributed by atoms with Gasteiger partial charge in [-0.3, -0.25) is 4.79 Å². The van der Waals surface area contributed by atoms with Gasteiger partial charge in [-0.2, -0.15) is 0 Å². The van der Waals surface area contributed by atoms with Gasteiger partial charge in [0.1, 0.15) is 42.0 Å². The second kappa shape index (κ2) is 19.7. The number of hydrogen-bond acceptors (Lipinski definition) is 14. The second-order valence-electron chi connectivity index (χ2n) is 19.0. The van der Waals surface area contributed by atoms with Gasteiger partial charge in [0.2, 0.25) is 0 Å². The summed E-state index contributed by atoms with van der Waals surface area (Å²) in [5.74, 6) is -2.56. The van der Waals surface area contributed by atoms with Crippen LogP contribution in [0.2, 0.25) is 0 Å². The van der Waals surface area contributed by atoms with Gasteiger partial charge in [-0.05, 0) is 62.8 Å². The van der Waals surface area contributed by atoms with Crippen molar-refractivity contribution in [3.05, 3.63) is 59.3 Å². The molecule has 6 aliphatic heterocycles. The van der Waals surface area contributed by atoms with Crippen molar-refractivity contribution in [2.45, 2.75) is 191 Å². The lowest BCUT2D eigenvalue weighted by atomic mass is 9.71. The van der Waals surface area contributed by atoms with E-state index in [0.717, 1.165) is 12.0 Å². The van der Waals surface area contributed by atoms with Gasteiger partial charge in [0, 0.05) is 51.7 Å². The smallest absolute Gasteiger partial charge is 0.316 e. The summed E-state index contributed by atoms with van der Waals surface area (Å²) in [6.07, 6.45) is 8.55. The maximum atomic E-state index is 14.3. The second-order valence-corrected chi connectivity index (χ2v) is 19.0. The van der Waals surface area contributed by atoms with Gasteiger partial charge >= 0.3 is 5.97 Å². The number of fused-ring (bicyclic) bond motifs is 2. The van der Waals surface area contributed by atoms with E-state index in [9.17, 15) is 20.1 Å². The molecule has 4 fully saturated rings. The van der Waals surface area contributed by atoms with Crippen molar-refractivity contribution in [3.63, 3.8) is 0 Å². The van der Waals surface area contributed by atoms with Crippen LogP contribution < -0.4 is 0 Å². The van der Waals surface area contributed by atoms with Gasteiger partial charge in [-0.15, -0.1) is 0 Å². The lowest BCUT2D eigenvalue weighted by Crippen LogP contribution is -2.58. The summed E-state index contributed by atoms with van der Waals surface area (Å²) in [5.41, 5.74) is 0.134. The summed E-state index contributed by atoms with van der Waals surface area (Å²) in [6, 6.07) is 0. The van der Waals surface area contributed by atoms with Crippen molar-refractivity contribution in [1.29, 1.82) is 0 Å². The summed E-state index contributed by atoms with van der Waals surface area (Å²) in [5, 5.41) is 34.2. The molecule has 62 heavy (non-hydrogen) atoms. The standard InChI is InChI=1S/C48H72O14/c1-11-25(2)43-28(5)17-18-47(62-43)23-34-20-33(61-47)16-15-27(4)42(26(3)13-12-14-32-24-55-45-40(49)29(6)19-35(46(51)58-34)48(32,45)52)59-39-22-37(54-10)44(31(8)57-39)60-38-21-36(53-9)41(50)30(7)56-38/h12-15,17-19,25-26,28,30-31,33-45,49-50,52H,11,16,20-24H2,1-10H3/b13-12+,27-15+,32-14+/t25?,26-,28-,30-,31-,33+,34-,35-,36-,37-,38-,39?,40+,41-,42-,43+,44?,45?,47+,48+/m0/s1. The number of rotatable bonds is 8. The Kier molecular flexibility index (Phi) is 15.1. The normalized spacial score (nSPS) is 49.1. The molecule has 1 aliphatic carbocycles. The van der Waals surface area contributed by atoms with Crippen LogP contribution in [0.5, 0.6) is 0 Å². The molecule has 6 heterocycles. The molecule has 0 aromatic carbocycles. The summed E-state index contributed by atoms with van der Waals surface area (Å²) < 4.78 is 63.7. The molecule has 2 bridgehead atoms. The SMILES string of the molecule is CCC(C)[C@H]1O[C@]2(C=C[C@@H]1C)C[C@@H]1C[C@@H](C/C=C(\C)[C@@H](OC3C[C@H](OC)C(O[C@H]4C[C@H](OC)[C@@H](O)[C@H](C)O4)[C@H](C)O3)[C@@H](C)/C=C/C=C3\COC4[C@H](O)C(C)=C[C@@H](C(=O)O1)[C@]34O)O2. The third-order valence-electron chi connectivity index (χ3n) is 14.5. The first-order chi connectivity index (χ1) is 29.5. The van der Waals surface area contributed by atoms with Crippen LogP contribution in [0.4, 0.5) is 0 Å². The van der Waals surface area contributed by atoms with E-state index in [0.29, 0.717) is 43.3 Å². The first-order valence-electron chi connectivity index (χ1n) is 22.9. The van der Waals surface area contributed by atoms with Crippen LogP contribution in [0.3, 0.4) is 0 Å². The number of esters is 1. The van der Waals surface area contributed by atoms with Gasteiger partial charge in [0.25, 0.3) is 0 Å². The first-order valence-corrected chi connectivity index (χ1v) is 22.9. The van der Waals surface area contributed by atoms with Gasteiger partial charge < -0.3 is 62.7 Å². The van der Waals surface area contributed by atoms with E-state index >= 15 is 0 Å². The summed E-state index contributed by atoms with van der Waals surface area (Å²) >= 11 is 0. The fourth-order valence-electron chi connectivity index (χ4n) is 10.6. The Balaban J connectivity index is 1.18. The zero-order valence-corrected chi connectivity index (χ0v) is 38.2. The topological polar surface area (TPSA) is 170 Å². The molecule has 0 amide bonds. The van der Waals surface area contributed by atoms with Gasteiger partial charge in [-0.1, -0.05) is 70.6 Å². The Hall–Kier alpha value is -2.31. The molecule has 4 saturated heterocycles. The van der Waals surface area contributed by atoms with E-state index in [4.69, 9.17) is 47.4 Å². The molecular weight excluding hydrogens is 801 g/mol. The van der Waals surface area contributed by atoms with Crippen molar-refractivity contribution >= 4 is 5.97 Å². The molecular formula is C48H72O14. The molecule has 0 saturated carbocycles. The number of aliphatic hydroxyl groups excluding tert-OH is 2. The van der Waals surface area contributed by atoms with Crippen molar-refractivity contribution < 1.29 is 67.5 Å². The number of hydrogen-bond donors (Lipinski definition) is 3. The molecule has 14 heteroatoms. The van der Waals surface area contributed by atoms with Crippen molar-refractivity contribution in [2.75, 3.05) is 20.8 Å². The predicted octanol–water partition coefficient (Wildman–Crippen LogP) is 5.38. The fraction of sp³-hybridized carbons (Fsp3) is 0.771. The average Bonchev–Trinajstić information content (AvgIpc) is 3.58. The van der Waals surface area contributed by atoms with Crippen LogP contribution in [0.1, 0.15) is 93.9 Å². The van der Waals surface area contributed by atoms with Gasteiger partial charge in [0.15, 0.2) is 18.4 Å². The van der Waals surface area contributed by atoms with Gasteiger partial charge in [0.05, 0.1) is 49.3 Å². The highest BCUT2D eigenvalue weighted by molar-refractivity contribution is 5.78. The lowest BCUT2D eigenvalue weighted by molar-refractivity contribution is -0.318. The fourth-order valence-corrected chi connectivity index (χ4v) is 10.6. The number of carbonyl (C=O) groups is 1. The Morgan fingerprint density at radius 2 is 1.60 bits per heavy atom. The van der Waals surface area contributed by atoms with Crippen LogP contribution >= 0.6 is 0 Å². The largest absolute Gasteiger partial charge is 0.462 e. The third kappa shape index (κ3) is 9.64. The Morgan fingerprint density at radius 1 is 0.887 bits per heavy atom. The first kappa shape index (κ1) is 47.6. The molecule has 3 N–H and O–H groups in total. The van der Waals surface area contributed by atoms with Crippen LogP contribution in [0, 0.1) is 23.7 Å². The summed E-state index contributed by atoms with van der Waals surface area (Å²) in [6.45, 7) is 16.1. The van der Waals surface area contributed by atoms with Crippen molar-refractivity contribution in [2.24, 2.45) is 23.7 Å². The Bertz CT molecular complexity index is 1730. The van der Waals surface area contributed by atoms with E-state index in [2.05, 4.69) is 39.8 Å². The van der Waals surface area contributed by atoms with Crippen LogP contribution in [0.15, 0.2) is 59.3 Å². The van der Waals surface area contributed by atoms with E-state index in [1.165, 1.54) is 0 Å². The zero-order valence-electron chi connectivity index (χ0n) is 38.2. The molecule has 7 rings (SSSR count). The van der Waals surface area contributed by atoms with E-state index < -0.39 is 90.8 Å². The zero-order chi connectivity index (χ0) is 44.7. The molecule has 14 nitrogen and oxygen atoms in total. The Labute approximate surface area is 367 Å². The highest BCUT2D eigenvalue weighted by Crippen LogP contribution is 2.47. The minimum Gasteiger partial charge on any atom is -0.462 e. The molecule has 7 aliphatic rings. The maximum Gasteiger partial charge on any atom is 0.316 e. The lowest BCUT2D eigenvalue weighted by Gasteiger charge is -2.48. The quantitative estimate of drug-likeness (QED) is 0.210. The van der Waals surface area contributed by atoms with Gasteiger partial charge in [-0.25, -0.2) is 0 Å². The molecule has 4 unspecified atom stereocenters. The third-order valence-corrected chi connectivity index (χ3v) is 14.5. The summed E-state index contributed by atoms with van der Waals surface area (Å²) in [7, 11) is 3.22. The number of aliphatic hydroxyl groups is 3. The number of carbonyl (C=O) groups excluding carboxylic acids is 1. The predicted molar refractivity (Wildman–Crippen MR) is 227 cm³/mol. The number of methoxy groups -OCH3 is 2. The highest BCUT2D eigenvalue weighted by Gasteiger charge is 2.60. The molecule has 1 spiro atoms. The summed E-state index contributed by atoms with van der Waals surface area (Å²) in [4.78, 5) is 14.3. The monoisotopic (exact) mass is 872 g/mol. The molecule has 20 atom stereocenters. The van der Waals surface area contributed by atoms with E-state index in [1.54, 1.807) is 40.2 Å². The van der Waals surface area contributed by atoms with Crippen LogP contribution in [-0.4, -0.2) is 139 Å². The van der Waals surface area contributed by atoms with Crippen LogP contribution in [-0.2, 0) is 52.2 Å². The van der Waals surface area contributed by atoms with E-state index in [-0.39, 0.29) is 42.7 Å². The number of ether oxygens (including phenoxy) is 10. The molecule has 348 valence electrons. The highest BCUT2D eigenvalue weighted by atomic mass is 16.7.